The number of nitrogens with zero attached hydrogens (tertiary/aromatic N) is 3. The molecule has 0 aliphatic rings. The van der Waals surface area contributed by atoms with Crippen molar-refractivity contribution in [1.29, 1.82) is 0 Å². The smallest absolute Gasteiger partial charge is 0.222 e. The summed E-state index contributed by atoms with van der Waals surface area (Å²) in [6.45, 7) is 1.06. The Hall–Kier alpha value is -2.86. The number of rotatable bonds is 8. The zero-order valence-electron chi connectivity index (χ0n) is 14.2. The number of carbonyl (C=O) groups is 1. The summed E-state index contributed by atoms with van der Waals surface area (Å²) in [5.41, 5.74) is 1.04. The molecule has 0 aliphatic carbocycles. The first-order chi connectivity index (χ1) is 12.7. The van der Waals surface area contributed by atoms with Gasteiger partial charge in [-0.25, -0.2) is 9.97 Å². The molecule has 2 heterocycles. The van der Waals surface area contributed by atoms with Crippen molar-refractivity contribution in [1.82, 2.24) is 19.9 Å². The quantitative estimate of drug-likeness (QED) is 0.598. The molecule has 0 saturated carbocycles. The Morgan fingerprint density at radius 2 is 1.73 bits per heavy atom. The molecule has 6 nitrogen and oxygen atoms in total. The first-order valence-corrected chi connectivity index (χ1v) is 8.75. The van der Waals surface area contributed by atoms with Crippen LogP contribution in [-0.4, -0.2) is 33.5 Å². The minimum absolute atomic E-state index is 0.0190. The molecule has 0 aliphatic heterocycles. The molecule has 1 amide bonds. The summed E-state index contributed by atoms with van der Waals surface area (Å²) < 4.78 is 2.03. The molecular formula is C19H20ClN5O. The summed E-state index contributed by atoms with van der Waals surface area (Å²) in [4.78, 5) is 20.5. The largest absolute Gasteiger partial charge is 0.354 e. The van der Waals surface area contributed by atoms with Gasteiger partial charge in [-0.1, -0.05) is 23.7 Å². The van der Waals surface area contributed by atoms with E-state index in [4.69, 9.17) is 11.6 Å². The minimum atomic E-state index is -0.0762. The van der Waals surface area contributed by atoms with Gasteiger partial charge in [0.05, 0.1) is 12.5 Å². The van der Waals surface area contributed by atoms with Crippen LogP contribution in [0.25, 0.3) is 0 Å². The fourth-order valence-corrected chi connectivity index (χ4v) is 2.78. The van der Waals surface area contributed by atoms with Gasteiger partial charge < -0.3 is 15.2 Å². The Bertz CT molecular complexity index is 806. The number of hydrogen-bond donors (Lipinski definition) is 2. The molecule has 3 aromatic rings. The van der Waals surface area contributed by atoms with Crippen LogP contribution in [-0.2, 0) is 4.79 Å². The van der Waals surface area contributed by atoms with Crippen molar-refractivity contribution < 1.29 is 4.79 Å². The number of aromatic nitrogens is 3. The lowest BCUT2D eigenvalue weighted by Crippen LogP contribution is -2.31. The van der Waals surface area contributed by atoms with E-state index in [-0.39, 0.29) is 11.9 Å². The highest BCUT2D eigenvalue weighted by atomic mass is 35.5. The normalized spacial score (nSPS) is 11.7. The standard InChI is InChI=1S/C19H20ClN5O/c20-16-6-4-15(5-7-16)17(25-12-1-2-13-25)14-18(26)21-10-11-24-19-22-8-3-9-23-19/h1-9,12-13,17H,10-11,14H2,(H,21,26)(H,22,23,24)/t17-/m1/s1. The molecule has 2 N–H and O–H groups in total. The van der Waals surface area contributed by atoms with Crippen molar-refractivity contribution in [3.63, 3.8) is 0 Å². The predicted molar refractivity (Wildman–Crippen MR) is 102 cm³/mol. The van der Waals surface area contributed by atoms with Gasteiger partial charge in [0, 0.05) is 42.9 Å². The maximum Gasteiger partial charge on any atom is 0.222 e. The topological polar surface area (TPSA) is 71.8 Å². The molecule has 134 valence electrons. The van der Waals surface area contributed by atoms with E-state index in [1.54, 1.807) is 18.5 Å². The van der Waals surface area contributed by atoms with Crippen LogP contribution in [0, 0.1) is 0 Å². The molecule has 0 radical (unpaired) electrons. The van der Waals surface area contributed by atoms with Crippen molar-refractivity contribution in [2.24, 2.45) is 0 Å². The maximum absolute atomic E-state index is 12.4. The van der Waals surface area contributed by atoms with E-state index < -0.39 is 0 Å². The van der Waals surface area contributed by atoms with Crippen LogP contribution >= 0.6 is 11.6 Å². The second-order valence-corrected chi connectivity index (χ2v) is 6.19. The Balaban J connectivity index is 1.55. The van der Waals surface area contributed by atoms with Crippen LogP contribution in [0.2, 0.25) is 5.02 Å². The van der Waals surface area contributed by atoms with E-state index in [2.05, 4.69) is 20.6 Å². The average Bonchev–Trinajstić information content (AvgIpc) is 3.19. The van der Waals surface area contributed by atoms with Crippen molar-refractivity contribution in [2.45, 2.75) is 12.5 Å². The SMILES string of the molecule is O=C(C[C@H](c1ccc(Cl)cc1)n1cccc1)NCCNc1ncccn1. The first kappa shape index (κ1) is 17.9. The Labute approximate surface area is 157 Å². The monoisotopic (exact) mass is 369 g/mol. The van der Waals surface area contributed by atoms with Gasteiger partial charge in [0.15, 0.2) is 0 Å². The summed E-state index contributed by atoms with van der Waals surface area (Å²) in [6, 6.07) is 13.2. The highest BCUT2D eigenvalue weighted by Gasteiger charge is 2.17. The zero-order chi connectivity index (χ0) is 18.2. The number of halogens is 1. The van der Waals surface area contributed by atoms with Crippen LogP contribution < -0.4 is 10.6 Å². The minimum Gasteiger partial charge on any atom is -0.354 e. The molecule has 26 heavy (non-hydrogen) atoms. The van der Waals surface area contributed by atoms with E-state index in [0.717, 1.165) is 5.56 Å². The van der Waals surface area contributed by atoms with Crippen molar-refractivity contribution in [2.75, 3.05) is 18.4 Å². The lowest BCUT2D eigenvalue weighted by atomic mass is 10.0. The fourth-order valence-electron chi connectivity index (χ4n) is 2.65. The van der Waals surface area contributed by atoms with Crippen LogP contribution in [0.1, 0.15) is 18.0 Å². The Kier molecular flexibility index (Phi) is 6.22. The second-order valence-electron chi connectivity index (χ2n) is 5.75. The number of anilines is 1. The second kappa shape index (κ2) is 9.01. The van der Waals surface area contributed by atoms with Gasteiger partial charge in [0.25, 0.3) is 0 Å². The van der Waals surface area contributed by atoms with Crippen LogP contribution in [0.5, 0.6) is 0 Å². The van der Waals surface area contributed by atoms with Gasteiger partial charge in [0.2, 0.25) is 11.9 Å². The molecule has 1 aromatic carbocycles. The molecule has 0 bridgehead atoms. The summed E-state index contributed by atoms with van der Waals surface area (Å²) >= 11 is 5.98. The molecule has 0 saturated heterocycles. The van der Waals surface area contributed by atoms with Gasteiger partial charge in [-0.15, -0.1) is 0 Å². The van der Waals surface area contributed by atoms with Crippen molar-refractivity contribution in [3.8, 4) is 0 Å². The highest BCUT2D eigenvalue weighted by molar-refractivity contribution is 6.30. The lowest BCUT2D eigenvalue weighted by Gasteiger charge is -2.19. The van der Waals surface area contributed by atoms with Crippen LogP contribution in [0.3, 0.4) is 0 Å². The molecule has 2 aromatic heterocycles. The van der Waals surface area contributed by atoms with Crippen molar-refractivity contribution >= 4 is 23.5 Å². The predicted octanol–water partition coefficient (Wildman–Crippen LogP) is 3.14. The van der Waals surface area contributed by atoms with Gasteiger partial charge in [0.1, 0.15) is 0 Å². The molecule has 1 atom stereocenters. The van der Waals surface area contributed by atoms with E-state index in [0.29, 0.717) is 30.5 Å². The maximum atomic E-state index is 12.4. The third-order valence-electron chi connectivity index (χ3n) is 3.92. The van der Waals surface area contributed by atoms with Crippen LogP contribution in [0.15, 0.2) is 67.3 Å². The van der Waals surface area contributed by atoms with E-state index in [1.807, 2.05) is 53.4 Å². The fraction of sp³-hybridized carbons (Fsp3) is 0.211. The van der Waals surface area contributed by atoms with E-state index >= 15 is 0 Å². The third kappa shape index (κ3) is 5.07. The van der Waals surface area contributed by atoms with Crippen LogP contribution in [0.4, 0.5) is 5.95 Å². The number of amides is 1. The summed E-state index contributed by atoms with van der Waals surface area (Å²) in [7, 11) is 0. The Morgan fingerprint density at radius 3 is 2.42 bits per heavy atom. The number of benzene rings is 1. The van der Waals surface area contributed by atoms with E-state index in [9.17, 15) is 4.79 Å². The summed E-state index contributed by atoms with van der Waals surface area (Å²) in [5, 5.41) is 6.67. The summed E-state index contributed by atoms with van der Waals surface area (Å²) in [6.07, 6.45) is 7.60. The van der Waals surface area contributed by atoms with Gasteiger partial charge in [-0.05, 0) is 35.9 Å². The number of nitrogens with one attached hydrogen (secondary N) is 2. The zero-order valence-corrected chi connectivity index (χ0v) is 14.9. The third-order valence-corrected chi connectivity index (χ3v) is 4.17. The molecule has 0 unspecified atom stereocenters. The number of carbonyl (C=O) groups excluding carboxylic acids is 1. The molecular weight excluding hydrogens is 350 g/mol. The van der Waals surface area contributed by atoms with E-state index in [1.165, 1.54) is 0 Å². The van der Waals surface area contributed by atoms with Crippen molar-refractivity contribution in [3.05, 3.63) is 77.8 Å². The highest BCUT2D eigenvalue weighted by Crippen LogP contribution is 2.23. The molecule has 0 spiro atoms. The summed E-state index contributed by atoms with van der Waals surface area (Å²) in [5.74, 6) is 0.530. The Morgan fingerprint density at radius 1 is 1.04 bits per heavy atom. The molecule has 0 fully saturated rings. The van der Waals surface area contributed by atoms with Gasteiger partial charge in [-0.2, -0.15) is 0 Å². The first-order valence-electron chi connectivity index (χ1n) is 8.38. The molecule has 3 rings (SSSR count). The average molecular weight is 370 g/mol. The van der Waals surface area contributed by atoms with Gasteiger partial charge in [-0.3, -0.25) is 4.79 Å². The van der Waals surface area contributed by atoms with Gasteiger partial charge >= 0.3 is 0 Å². The lowest BCUT2D eigenvalue weighted by molar-refractivity contribution is -0.121. The molecule has 7 heteroatoms. The number of hydrogen-bond acceptors (Lipinski definition) is 4.